The smallest absolute Gasteiger partial charge is 0.125 e. The second-order valence-electron chi connectivity index (χ2n) is 5.30. The van der Waals surface area contributed by atoms with Crippen molar-refractivity contribution in [3.05, 3.63) is 29.6 Å². The lowest BCUT2D eigenvalue weighted by molar-refractivity contribution is 0.598. The molecule has 0 amide bonds. The summed E-state index contributed by atoms with van der Waals surface area (Å²) in [6.07, 6.45) is 2.45. The zero-order chi connectivity index (χ0) is 12.4. The van der Waals surface area contributed by atoms with Crippen molar-refractivity contribution in [2.45, 2.75) is 39.3 Å². The quantitative estimate of drug-likeness (QED) is 0.851. The van der Waals surface area contributed by atoms with Crippen LogP contribution in [0.5, 0.6) is 0 Å². The minimum atomic E-state index is -0.183. The fraction of sp³-hybridized carbons (Fsp3) is 0.571. The molecule has 1 saturated carbocycles. The van der Waals surface area contributed by atoms with Gasteiger partial charge in [-0.1, -0.05) is 13.8 Å². The summed E-state index contributed by atoms with van der Waals surface area (Å²) in [5, 5.41) is 0. The van der Waals surface area contributed by atoms with Gasteiger partial charge in [0.05, 0.1) is 0 Å². The molecule has 0 aliphatic heterocycles. The fourth-order valence-electron chi connectivity index (χ4n) is 2.16. The van der Waals surface area contributed by atoms with Crippen molar-refractivity contribution in [1.82, 2.24) is 0 Å². The molecule has 0 spiro atoms. The predicted octanol–water partition coefficient (Wildman–Crippen LogP) is 2.91. The molecule has 1 aromatic rings. The van der Waals surface area contributed by atoms with Crippen molar-refractivity contribution in [3.63, 3.8) is 0 Å². The summed E-state index contributed by atoms with van der Waals surface area (Å²) in [6, 6.07) is 5.76. The predicted molar refractivity (Wildman–Crippen MR) is 69.5 cm³/mol. The Balaban J connectivity index is 2.25. The maximum absolute atomic E-state index is 13.5. The minimum Gasteiger partial charge on any atom is -0.368 e. The van der Waals surface area contributed by atoms with E-state index in [0.29, 0.717) is 18.5 Å². The van der Waals surface area contributed by atoms with Crippen molar-refractivity contribution in [1.29, 1.82) is 0 Å². The van der Waals surface area contributed by atoms with Gasteiger partial charge >= 0.3 is 0 Å². The van der Waals surface area contributed by atoms with E-state index >= 15 is 0 Å². The molecule has 3 heteroatoms. The van der Waals surface area contributed by atoms with Crippen molar-refractivity contribution < 1.29 is 4.39 Å². The Morgan fingerprint density at radius 1 is 1.35 bits per heavy atom. The van der Waals surface area contributed by atoms with Crippen LogP contribution in [0.2, 0.25) is 0 Å². The van der Waals surface area contributed by atoms with Gasteiger partial charge in [-0.2, -0.15) is 0 Å². The standard InChI is InChI=1S/C14H21FN2/c1-10(2)9-17(13-3-4-13)14-6-11(8-16)5-12(15)7-14/h5-7,10,13H,3-4,8-9,16H2,1-2H3. The fourth-order valence-corrected chi connectivity index (χ4v) is 2.16. The molecule has 0 heterocycles. The second kappa shape index (κ2) is 5.05. The molecule has 17 heavy (non-hydrogen) atoms. The van der Waals surface area contributed by atoms with Crippen molar-refractivity contribution in [2.75, 3.05) is 11.4 Å². The molecular formula is C14H21FN2. The number of halogens is 1. The van der Waals surface area contributed by atoms with Crippen molar-refractivity contribution >= 4 is 5.69 Å². The highest BCUT2D eigenvalue weighted by Gasteiger charge is 2.29. The van der Waals surface area contributed by atoms with Crippen LogP contribution in [0, 0.1) is 11.7 Å². The van der Waals surface area contributed by atoms with E-state index in [9.17, 15) is 4.39 Å². The first-order valence-corrected chi connectivity index (χ1v) is 6.36. The number of hydrogen-bond donors (Lipinski definition) is 1. The Hall–Kier alpha value is -1.09. The molecule has 1 aliphatic rings. The zero-order valence-electron chi connectivity index (χ0n) is 10.6. The number of hydrogen-bond acceptors (Lipinski definition) is 2. The van der Waals surface area contributed by atoms with E-state index in [1.54, 1.807) is 6.07 Å². The molecule has 2 N–H and O–H groups in total. The third kappa shape index (κ3) is 3.19. The SMILES string of the molecule is CC(C)CN(c1cc(F)cc(CN)c1)C1CC1. The Morgan fingerprint density at radius 3 is 2.59 bits per heavy atom. The van der Waals surface area contributed by atoms with Crippen LogP contribution in [-0.4, -0.2) is 12.6 Å². The molecule has 94 valence electrons. The first kappa shape index (κ1) is 12.4. The lowest BCUT2D eigenvalue weighted by atomic mass is 10.1. The zero-order valence-corrected chi connectivity index (χ0v) is 10.6. The highest BCUT2D eigenvalue weighted by molar-refractivity contribution is 5.51. The van der Waals surface area contributed by atoms with Crippen LogP contribution in [0.4, 0.5) is 10.1 Å². The normalized spacial score (nSPS) is 15.4. The van der Waals surface area contributed by atoms with Crippen LogP contribution in [0.25, 0.3) is 0 Å². The number of nitrogens with zero attached hydrogens (tertiary/aromatic N) is 1. The van der Waals surface area contributed by atoms with E-state index in [1.807, 2.05) is 6.07 Å². The molecule has 0 atom stereocenters. The molecule has 0 unspecified atom stereocenters. The Morgan fingerprint density at radius 2 is 2.06 bits per heavy atom. The van der Waals surface area contributed by atoms with Crippen LogP contribution in [-0.2, 0) is 6.54 Å². The first-order valence-electron chi connectivity index (χ1n) is 6.36. The molecule has 0 saturated heterocycles. The number of benzene rings is 1. The lowest BCUT2D eigenvalue weighted by Crippen LogP contribution is -2.30. The number of anilines is 1. The lowest BCUT2D eigenvalue weighted by Gasteiger charge is -2.27. The average molecular weight is 236 g/mol. The van der Waals surface area contributed by atoms with E-state index in [2.05, 4.69) is 18.7 Å². The summed E-state index contributed by atoms with van der Waals surface area (Å²) in [6.45, 7) is 5.76. The van der Waals surface area contributed by atoms with E-state index in [-0.39, 0.29) is 5.82 Å². The summed E-state index contributed by atoms with van der Waals surface area (Å²) in [5.74, 6) is 0.401. The summed E-state index contributed by atoms with van der Waals surface area (Å²) in [4.78, 5) is 2.33. The molecule has 1 fully saturated rings. The van der Waals surface area contributed by atoms with Gasteiger partial charge in [-0.25, -0.2) is 4.39 Å². The van der Waals surface area contributed by atoms with Crippen LogP contribution in [0.1, 0.15) is 32.3 Å². The number of rotatable bonds is 5. The summed E-state index contributed by atoms with van der Waals surface area (Å²) < 4.78 is 13.5. The molecule has 2 nitrogen and oxygen atoms in total. The van der Waals surface area contributed by atoms with Gasteiger partial charge in [-0.3, -0.25) is 0 Å². The maximum Gasteiger partial charge on any atom is 0.125 e. The van der Waals surface area contributed by atoms with Gasteiger partial charge in [0.1, 0.15) is 5.82 Å². The highest BCUT2D eigenvalue weighted by atomic mass is 19.1. The van der Waals surface area contributed by atoms with Gasteiger partial charge in [0, 0.05) is 24.8 Å². The van der Waals surface area contributed by atoms with E-state index < -0.39 is 0 Å². The molecular weight excluding hydrogens is 215 g/mol. The van der Waals surface area contributed by atoms with Crippen molar-refractivity contribution in [2.24, 2.45) is 11.7 Å². The summed E-state index contributed by atoms with van der Waals surface area (Å²) in [5.41, 5.74) is 7.45. The van der Waals surface area contributed by atoms with Crippen LogP contribution < -0.4 is 10.6 Å². The van der Waals surface area contributed by atoms with E-state index in [1.165, 1.54) is 18.9 Å². The van der Waals surface area contributed by atoms with E-state index in [0.717, 1.165) is 17.8 Å². The molecule has 0 bridgehead atoms. The molecule has 0 aromatic heterocycles. The van der Waals surface area contributed by atoms with Gasteiger partial charge in [0.15, 0.2) is 0 Å². The summed E-state index contributed by atoms with van der Waals surface area (Å²) in [7, 11) is 0. The minimum absolute atomic E-state index is 0.183. The number of nitrogens with two attached hydrogens (primary N) is 1. The van der Waals surface area contributed by atoms with Gasteiger partial charge in [-0.15, -0.1) is 0 Å². The van der Waals surface area contributed by atoms with Crippen LogP contribution in [0.15, 0.2) is 18.2 Å². The molecule has 1 aliphatic carbocycles. The largest absolute Gasteiger partial charge is 0.368 e. The van der Waals surface area contributed by atoms with Crippen LogP contribution in [0.3, 0.4) is 0 Å². The topological polar surface area (TPSA) is 29.3 Å². The van der Waals surface area contributed by atoms with E-state index in [4.69, 9.17) is 5.73 Å². The Kier molecular flexibility index (Phi) is 3.67. The average Bonchev–Trinajstić information content (AvgIpc) is 3.08. The van der Waals surface area contributed by atoms with Gasteiger partial charge < -0.3 is 10.6 Å². The summed E-state index contributed by atoms with van der Waals surface area (Å²) >= 11 is 0. The van der Waals surface area contributed by atoms with Gasteiger partial charge in [0.2, 0.25) is 0 Å². The Bertz CT molecular complexity index is 386. The maximum atomic E-state index is 13.5. The third-order valence-corrected chi connectivity index (χ3v) is 3.06. The third-order valence-electron chi connectivity index (χ3n) is 3.06. The van der Waals surface area contributed by atoms with Gasteiger partial charge in [0.25, 0.3) is 0 Å². The van der Waals surface area contributed by atoms with Crippen LogP contribution >= 0.6 is 0 Å². The molecule has 0 radical (unpaired) electrons. The Labute approximate surface area is 103 Å². The molecule has 1 aromatic carbocycles. The highest BCUT2D eigenvalue weighted by Crippen LogP contribution is 2.33. The monoisotopic (exact) mass is 236 g/mol. The van der Waals surface area contributed by atoms with Gasteiger partial charge in [-0.05, 0) is 42.5 Å². The first-order chi connectivity index (χ1) is 8.10. The van der Waals surface area contributed by atoms with Crippen molar-refractivity contribution in [3.8, 4) is 0 Å². The molecule has 2 rings (SSSR count). The second-order valence-corrected chi connectivity index (χ2v) is 5.30.